The van der Waals surface area contributed by atoms with E-state index in [1.165, 1.54) is 6.20 Å². The number of likely N-dealkylation sites (tertiary alicyclic amines) is 1. The third-order valence-corrected chi connectivity index (χ3v) is 6.27. The lowest BCUT2D eigenvalue weighted by atomic mass is 9.99. The molecule has 2 aromatic rings. The van der Waals surface area contributed by atoms with Gasteiger partial charge in [-0.15, -0.1) is 0 Å². The molecule has 0 spiro atoms. The summed E-state index contributed by atoms with van der Waals surface area (Å²) in [7, 11) is 0. The second-order valence-corrected chi connectivity index (χ2v) is 8.52. The molecular weight excluding hydrogens is 380 g/mol. The molecule has 30 heavy (non-hydrogen) atoms. The standard InChI is InChI=1S/C22H26N6O2/c1-13-11-24-17(12-23-13)22(30)27-10-4-3-5-18(27)20-25-14(2)16-8-9-19(29)28(15-6-7-15)21(16)26-20/h11-12,15,18H,3-10H2,1-2H3. The van der Waals surface area contributed by atoms with E-state index < -0.39 is 0 Å². The maximum atomic E-state index is 13.2. The molecule has 3 aliphatic rings. The number of aromatic nitrogens is 4. The van der Waals surface area contributed by atoms with Crippen molar-refractivity contribution in [3.63, 3.8) is 0 Å². The van der Waals surface area contributed by atoms with Crippen LogP contribution in [0.1, 0.15) is 77.8 Å². The smallest absolute Gasteiger partial charge is 0.274 e. The molecule has 2 aliphatic heterocycles. The fourth-order valence-electron chi connectivity index (χ4n) is 4.52. The molecule has 8 nitrogen and oxygen atoms in total. The van der Waals surface area contributed by atoms with Gasteiger partial charge in [-0.3, -0.25) is 19.5 Å². The van der Waals surface area contributed by atoms with E-state index in [1.54, 1.807) is 6.20 Å². The van der Waals surface area contributed by atoms with Gasteiger partial charge < -0.3 is 4.90 Å². The zero-order valence-corrected chi connectivity index (χ0v) is 17.5. The number of carbonyl (C=O) groups is 2. The van der Waals surface area contributed by atoms with Crippen molar-refractivity contribution in [2.24, 2.45) is 0 Å². The Hall–Kier alpha value is -2.90. The number of hydrogen-bond donors (Lipinski definition) is 0. The Labute approximate surface area is 175 Å². The number of anilines is 1. The van der Waals surface area contributed by atoms with Crippen LogP contribution in [0.15, 0.2) is 12.4 Å². The molecule has 0 N–H and O–H groups in total. The van der Waals surface area contributed by atoms with E-state index >= 15 is 0 Å². The lowest BCUT2D eigenvalue weighted by Crippen LogP contribution is -2.41. The van der Waals surface area contributed by atoms with Gasteiger partial charge in [0.15, 0.2) is 5.82 Å². The monoisotopic (exact) mass is 406 g/mol. The lowest BCUT2D eigenvalue weighted by Gasteiger charge is -2.36. The maximum absolute atomic E-state index is 13.2. The number of hydrogen-bond acceptors (Lipinski definition) is 6. The molecule has 4 heterocycles. The normalized spacial score (nSPS) is 21.5. The summed E-state index contributed by atoms with van der Waals surface area (Å²) >= 11 is 0. The van der Waals surface area contributed by atoms with Gasteiger partial charge in [0.1, 0.15) is 11.5 Å². The summed E-state index contributed by atoms with van der Waals surface area (Å²) in [6, 6.07) is 0.0575. The van der Waals surface area contributed by atoms with E-state index in [2.05, 4.69) is 9.97 Å². The second-order valence-electron chi connectivity index (χ2n) is 8.52. The van der Waals surface area contributed by atoms with Gasteiger partial charge in [0.25, 0.3) is 5.91 Å². The molecule has 5 rings (SSSR count). The van der Waals surface area contributed by atoms with Crippen LogP contribution in [0.5, 0.6) is 0 Å². The summed E-state index contributed by atoms with van der Waals surface area (Å²) in [5.41, 5.74) is 3.11. The summed E-state index contributed by atoms with van der Waals surface area (Å²) in [5.74, 6) is 1.42. The van der Waals surface area contributed by atoms with Gasteiger partial charge in [0.05, 0.1) is 17.9 Å². The van der Waals surface area contributed by atoms with Gasteiger partial charge in [0.2, 0.25) is 5.91 Å². The van der Waals surface area contributed by atoms with Crippen molar-refractivity contribution in [3.8, 4) is 0 Å². The van der Waals surface area contributed by atoms with Gasteiger partial charge in [-0.1, -0.05) is 0 Å². The third kappa shape index (κ3) is 3.34. The van der Waals surface area contributed by atoms with Crippen LogP contribution < -0.4 is 4.90 Å². The predicted octanol–water partition coefficient (Wildman–Crippen LogP) is 2.69. The summed E-state index contributed by atoms with van der Waals surface area (Å²) in [4.78, 5) is 47.7. The summed E-state index contributed by atoms with van der Waals surface area (Å²) < 4.78 is 0. The minimum absolute atomic E-state index is 0.138. The minimum atomic E-state index is -0.212. The molecule has 1 saturated carbocycles. The van der Waals surface area contributed by atoms with Crippen LogP contribution in [0.2, 0.25) is 0 Å². The SMILES string of the molecule is Cc1cnc(C(=O)N2CCCCC2c2nc(C)c3c(n2)N(C2CC2)C(=O)CC3)cn1. The van der Waals surface area contributed by atoms with Crippen molar-refractivity contribution < 1.29 is 9.59 Å². The van der Waals surface area contributed by atoms with Gasteiger partial charge in [-0.05, 0) is 52.4 Å². The van der Waals surface area contributed by atoms with Crippen LogP contribution in [0.25, 0.3) is 0 Å². The first kappa shape index (κ1) is 19.1. The number of nitrogens with zero attached hydrogens (tertiary/aromatic N) is 6. The molecule has 1 saturated heterocycles. The minimum Gasteiger partial charge on any atom is -0.327 e. The predicted molar refractivity (Wildman–Crippen MR) is 110 cm³/mol. The Kier molecular flexibility index (Phi) is 4.72. The van der Waals surface area contributed by atoms with Crippen LogP contribution in [-0.2, 0) is 11.2 Å². The summed E-state index contributed by atoms with van der Waals surface area (Å²) in [6.45, 7) is 4.48. The van der Waals surface area contributed by atoms with Crippen molar-refractivity contribution in [1.29, 1.82) is 0 Å². The quantitative estimate of drug-likeness (QED) is 0.778. The fraction of sp³-hybridized carbons (Fsp3) is 0.545. The van der Waals surface area contributed by atoms with E-state index in [-0.39, 0.29) is 23.9 Å². The first-order chi connectivity index (χ1) is 14.5. The van der Waals surface area contributed by atoms with Gasteiger partial charge in [0, 0.05) is 36.5 Å². The third-order valence-electron chi connectivity index (χ3n) is 6.27. The fourth-order valence-corrected chi connectivity index (χ4v) is 4.52. The van der Waals surface area contributed by atoms with Crippen molar-refractivity contribution in [3.05, 3.63) is 40.9 Å². The lowest BCUT2D eigenvalue weighted by molar-refractivity contribution is -0.119. The highest BCUT2D eigenvalue weighted by Gasteiger charge is 2.40. The first-order valence-electron chi connectivity index (χ1n) is 10.8. The topological polar surface area (TPSA) is 92.2 Å². The molecule has 0 radical (unpaired) electrons. The molecule has 2 aromatic heterocycles. The maximum Gasteiger partial charge on any atom is 0.274 e. The highest BCUT2D eigenvalue weighted by molar-refractivity contribution is 5.96. The Morgan fingerprint density at radius 3 is 2.60 bits per heavy atom. The van der Waals surface area contributed by atoms with Crippen molar-refractivity contribution >= 4 is 17.6 Å². The zero-order chi connectivity index (χ0) is 20.8. The van der Waals surface area contributed by atoms with E-state index in [0.717, 1.165) is 54.9 Å². The van der Waals surface area contributed by atoms with Crippen LogP contribution >= 0.6 is 0 Å². The Morgan fingerprint density at radius 1 is 1.03 bits per heavy atom. The average molecular weight is 406 g/mol. The van der Waals surface area contributed by atoms with Crippen molar-refractivity contribution in [2.45, 2.75) is 70.9 Å². The highest BCUT2D eigenvalue weighted by Crippen LogP contribution is 2.39. The molecule has 1 aliphatic carbocycles. The van der Waals surface area contributed by atoms with E-state index in [9.17, 15) is 9.59 Å². The second kappa shape index (κ2) is 7.41. The number of carbonyl (C=O) groups excluding carboxylic acids is 2. The summed E-state index contributed by atoms with van der Waals surface area (Å²) in [6.07, 6.45) is 9.19. The van der Waals surface area contributed by atoms with E-state index in [1.807, 2.05) is 23.6 Å². The number of rotatable bonds is 3. The van der Waals surface area contributed by atoms with E-state index in [0.29, 0.717) is 30.9 Å². The van der Waals surface area contributed by atoms with Crippen LogP contribution in [0.4, 0.5) is 5.82 Å². The molecule has 0 aromatic carbocycles. The first-order valence-corrected chi connectivity index (χ1v) is 10.8. The van der Waals surface area contributed by atoms with Crippen molar-refractivity contribution in [2.75, 3.05) is 11.4 Å². The molecule has 8 heteroatoms. The van der Waals surface area contributed by atoms with Crippen LogP contribution in [0.3, 0.4) is 0 Å². The molecule has 0 bridgehead atoms. The van der Waals surface area contributed by atoms with Gasteiger partial charge in [-0.2, -0.15) is 0 Å². The Bertz CT molecular complexity index is 1000. The van der Waals surface area contributed by atoms with Crippen LogP contribution in [-0.4, -0.2) is 49.2 Å². The van der Waals surface area contributed by atoms with Gasteiger partial charge in [-0.25, -0.2) is 15.0 Å². The number of amides is 2. The summed E-state index contributed by atoms with van der Waals surface area (Å²) in [5, 5.41) is 0. The average Bonchev–Trinajstić information content (AvgIpc) is 3.58. The Morgan fingerprint density at radius 2 is 1.87 bits per heavy atom. The number of aryl methyl sites for hydroxylation is 2. The van der Waals surface area contributed by atoms with E-state index in [4.69, 9.17) is 9.97 Å². The van der Waals surface area contributed by atoms with Gasteiger partial charge >= 0.3 is 0 Å². The molecule has 2 fully saturated rings. The number of fused-ring (bicyclic) bond motifs is 1. The van der Waals surface area contributed by atoms with Crippen molar-refractivity contribution in [1.82, 2.24) is 24.8 Å². The highest BCUT2D eigenvalue weighted by atomic mass is 16.2. The number of piperidine rings is 1. The molecule has 156 valence electrons. The Balaban J connectivity index is 1.51. The molecule has 1 atom stereocenters. The molecule has 2 amide bonds. The molecule has 1 unspecified atom stereocenters. The zero-order valence-electron chi connectivity index (χ0n) is 17.5. The van der Waals surface area contributed by atoms with Crippen LogP contribution in [0, 0.1) is 13.8 Å². The molecular formula is C22H26N6O2. The largest absolute Gasteiger partial charge is 0.327 e.